The minimum Gasteiger partial charge on any atom is -0.394 e. The highest BCUT2D eigenvalue weighted by Crippen LogP contribution is 2.26. The van der Waals surface area contributed by atoms with Gasteiger partial charge in [-0.2, -0.15) is 0 Å². The van der Waals surface area contributed by atoms with Crippen LogP contribution in [0.25, 0.3) is 0 Å². The van der Waals surface area contributed by atoms with Gasteiger partial charge < -0.3 is 49.6 Å². The van der Waals surface area contributed by atoms with E-state index in [1.54, 1.807) is 0 Å². The van der Waals surface area contributed by atoms with Gasteiger partial charge in [-0.15, -0.1) is 0 Å². The molecule has 0 amide bonds. The van der Waals surface area contributed by atoms with Crippen molar-refractivity contribution in [2.75, 3.05) is 19.8 Å². The zero-order chi connectivity index (χ0) is 23.1. The number of hydrogen-bond donors (Lipinski definition) is 6. The van der Waals surface area contributed by atoms with Crippen LogP contribution in [0, 0.1) is 0 Å². The monoisotopic (exact) mass is 448 g/mol. The van der Waals surface area contributed by atoms with Gasteiger partial charge in [0.2, 0.25) is 0 Å². The summed E-state index contributed by atoms with van der Waals surface area (Å²) in [5.74, 6) is 0. The van der Waals surface area contributed by atoms with E-state index in [2.05, 4.69) is 6.08 Å². The van der Waals surface area contributed by atoms with Crippen molar-refractivity contribution in [3.05, 3.63) is 23.3 Å². The van der Waals surface area contributed by atoms with E-state index in [-0.39, 0.29) is 13.2 Å². The van der Waals surface area contributed by atoms with E-state index in [1.807, 2.05) is 26.8 Å². The molecule has 10 heteroatoms. The Morgan fingerprint density at radius 3 is 1.97 bits per heavy atom. The molecule has 9 unspecified atom stereocenters. The standard InChI is InChI=1S/C21H36O10/c1-11(2)5-4-6-12(3)7-8-28-20-19(27)17(25)16(24)14(31-20)10-29-21-18(26)15(23)13(9-22)30-21/h5,7,13-27H,4,6,8-10H2,1-3H3/b12-7-. The molecular weight excluding hydrogens is 412 g/mol. The Balaban J connectivity index is 1.86. The zero-order valence-electron chi connectivity index (χ0n) is 18.2. The summed E-state index contributed by atoms with van der Waals surface area (Å²) in [6, 6.07) is 0. The predicted octanol–water partition coefficient (Wildman–Crippen LogP) is -1.04. The van der Waals surface area contributed by atoms with Crippen LogP contribution >= 0.6 is 0 Å². The Hall–Kier alpha value is -0.920. The molecule has 0 spiro atoms. The number of ether oxygens (including phenoxy) is 4. The van der Waals surface area contributed by atoms with Crippen LogP contribution in [0.5, 0.6) is 0 Å². The summed E-state index contributed by atoms with van der Waals surface area (Å²) in [5, 5.41) is 59.3. The lowest BCUT2D eigenvalue weighted by atomic mass is 9.99. The molecule has 6 N–H and O–H groups in total. The minimum absolute atomic E-state index is 0.146. The Kier molecular flexibility index (Phi) is 10.5. The van der Waals surface area contributed by atoms with Crippen LogP contribution < -0.4 is 0 Å². The van der Waals surface area contributed by atoms with Crippen LogP contribution in [-0.2, 0) is 18.9 Å². The van der Waals surface area contributed by atoms with Crippen LogP contribution in [0.2, 0.25) is 0 Å². The first-order valence-corrected chi connectivity index (χ1v) is 10.5. The molecule has 180 valence electrons. The maximum atomic E-state index is 10.2. The van der Waals surface area contributed by atoms with E-state index in [9.17, 15) is 25.5 Å². The van der Waals surface area contributed by atoms with E-state index in [0.717, 1.165) is 18.4 Å². The Bertz CT molecular complexity index is 605. The van der Waals surface area contributed by atoms with Gasteiger partial charge in [-0.3, -0.25) is 0 Å². The second-order valence-corrected chi connectivity index (χ2v) is 8.26. The SMILES string of the molecule is CC(C)=CCC/C(C)=C\COC1OC(COC2OC(CO)C(O)C2O)C(O)C(O)C1O. The van der Waals surface area contributed by atoms with Gasteiger partial charge in [-0.05, 0) is 33.6 Å². The predicted molar refractivity (Wildman–Crippen MR) is 109 cm³/mol. The molecule has 2 rings (SSSR count). The van der Waals surface area contributed by atoms with Crippen LogP contribution in [0.3, 0.4) is 0 Å². The third-order valence-corrected chi connectivity index (χ3v) is 5.38. The molecule has 0 aromatic rings. The van der Waals surface area contributed by atoms with Gasteiger partial charge in [-0.1, -0.05) is 23.3 Å². The summed E-state index contributed by atoms with van der Waals surface area (Å²) >= 11 is 0. The van der Waals surface area contributed by atoms with Crippen LogP contribution in [0.1, 0.15) is 33.6 Å². The van der Waals surface area contributed by atoms with Gasteiger partial charge in [-0.25, -0.2) is 0 Å². The maximum absolute atomic E-state index is 10.2. The molecule has 2 fully saturated rings. The van der Waals surface area contributed by atoms with Crippen molar-refractivity contribution < 1.29 is 49.6 Å². The number of rotatable bonds is 10. The fraction of sp³-hybridized carbons (Fsp3) is 0.810. The molecular formula is C21H36O10. The second kappa shape index (κ2) is 12.4. The molecule has 31 heavy (non-hydrogen) atoms. The normalized spacial score (nSPS) is 39.0. The Morgan fingerprint density at radius 2 is 1.35 bits per heavy atom. The summed E-state index contributed by atoms with van der Waals surface area (Å²) in [6.07, 6.45) is -5.88. The van der Waals surface area contributed by atoms with Crippen molar-refractivity contribution in [3.8, 4) is 0 Å². The highest BCUT2D eigenvalue weighted by molar-refractivity contribution is 5.02. The van der Waals surface area contributed by atoms with E-state index in [4.69, 9.17) is 24.1 Å². The molecule has 9 atom stereocenters. The summed E-state index contributed by atoms with van der Waals surface area (Å²) in [7, 11) is 0. The molecule has 0 saturated carbocycles. The average Bonchev–Trinajstić information content (AvgIpc) is 3.00. The first-order chi connectivity index (χ1) is 14.6. The molecule has 0 aromatic carbocycles. The highest BCUT2D eigenvalue weighted by Gasteiger charge is 2.47. The zero-order valence-corrected chi connectivity index (χ0v) is 18.2. The van der Waals surface area contributed by atoms with E-state index >= 15 is 0 Å². The first kappa shape index (κ1) is 26.3. The van der Waals surface area contributed by atoms with Crippen molar-refractivity contribution >= 4 is 0 Å². The van der Waals surface area contributed by atoms with Crippen molar-refractivity contribution in [2.24, 2.45) is 0 Å². The molecule has 2 saturated heterocycles. The Labute approximate surface area is 182 Å². The molecule has 2 heterocycles. The molecule has 0 aliphatic carbocycles. The molecule has 0 aromatic heterocycles. The summed E-state index contributed by atoms with van der Waals surface area (Å²) < 4.78 is 21.7. The average molecular weight is 449 g/mol. The smallest absolute Gasteiger partial charge is 0.187 e. The number of allylic oxidation sites excluding steroid dienone is 3. The van der Waals surface area contributed by atoms with Gasteiger partial charge in [0, 0.05) is 0 Å². The fourth-order valence-electron chi connectivity index (χ4n) is 3.36. The summed E-state index contributed by atoms with van der Waals surface area (Å²) in [5.41, 5.74) is 2.35. The van der Waals surface area contributed by atoms with E-state index < -0.39 is 61.9 Å². The topological polar surface area (TPSA) is 158 Å². The number of hydrogen-bond acceptors (Lipinski definition) is 10. The number of aliphatic hydroxyl groups excluding tert-OH is 6. The molecule has 0 radical (unpaired) electrons. The third-order valence-electron chi connectivity index (χ3n) is 5.38. The Morgan fingerprint density at radius 1 is 0.774 bits per heavy atom. The van der Waals surface area contributed by atoms with E-state index in [1.165, 1.54) is 5.57 Å². The lowest BCUT2D eigenvalue weighted by Gasteiger charge is -2.40. The molecule has 10 nitrogen and oxygen atoms in total. The van der Waals surface area contributed by atoms with Crippen molar-refractivity contribution in [1.29, 1.82) is 0 Å². The van der Waals surface area contributed by atoms with Gasteiger partial charge in [0.05, 0.1) is 19.8 Å². The summed E-state index contributed by atoms with van der Waals surface area (Å²) in [4.78, 5) is 0. The molecule has 0 bridgehead atoms. The summed E-state index contributed by atoms with van der Waals surface area (Å²) in [6.45, 7) is 5.38. The minimum atomic E-state index is -1.53. The van der Waals surface area contributed by atoms with Crippen LogP contribution in [-0.4, -0.2) is 106 Å². The van der Waals surface area contributed by atoms with Gasteiger partial charge >= 0.3 is 0 Å². The molecule has 2 aliphatic rings. The fourth-order valence-corrected chi connectivity index (χ4v) is 3.36. The first-order valence-electron chi connectivity index (χ1n) is 10.5. The van der Waals surface area contributed by atoms with Crippen LogP contribution in [0.15, 0.2) is 23.3 Å². The van der Waals surface area contributed by atoms with Crippen molar-refractivity contribution in [2.45, 2.75) is 88.9 Å². The van der Waals surface area contributed by atoms with Crippen molar-refractivity contribution in [3.63, 3.8) is 0 Å². The second-order valence-electron chi connectivity index (χ2n) is 8.26. The van der Waals surface area contributed by atoms with Gasteiger partial charge in [0.15, 0.2) is 12.6 Å². The van der Waals surface area contributed by atoms with E-state index in [0.29, 0.717) is 0 Å². The third kappa shape index (κ3) is 7.29. The lowest BCUT2D eigenvalue weighted by molar-refractivity contribution is -0.308. The molecule has 2 aliphatic heterocycles. The quantitative estimate of drug-likeness (QED) is 0.228. The van der Waals surface area contributed by atoms with Gasteiger partial charge in [0.1, 0.15) is 42.7 Å². The van der Waals surface area contributed by atoms with Crippen LogP contribution in [0.4, 0.5) is 0 Å². The van der Waals surface area contributed by atoms with Gasteiger partial charge in [0.25, 0.3) is 0 Å². The number of aliphatic hydroxyl groups is 6. The lowest BCUT2D eigenvalue weighted by Crippen LogP contribution is -2.59. The highest BCUT2D eigenvalue weighted by atomic mass is 16.7. The largest absolute Gasteiger partial charge is 0.394 e. The maximum Gasteiger partial charge on any atom is 0.187 e. The van der Waals surface area contributed by atoms with Crippen molar-refractivity contribution in [1.82, 2.24) is 0 Å².